The number of aliphatic hydroxyl groups is 1. The minimum absolute atomic E-state index is 0.0296. The quantitative estimate of drug-likeness (QED) is 0.572. The Labute approximate surface area is 183 Å². The summed E-state index contributed by atoms with van der Waals surface area (Å²) in [5.74, 6) is 0.209. The topological polar surface area (TPSA) is 105 Å². The number of ether oxygens (including phenoxy) is 1. The molecule has 1 aliphatic heterocycles. The number of hydrogen-bond donors (Lipinski definition) is 3. The van der Waals surface area contributed by atoms with E-state index in [0.717, 1.165) is 12.0 Å². The molecule has 0 spiro atoms. The lowest BCUT2D eigenvalue weighted by Gasteiger charge is -2.24. The molecule has 1 saturated heterocycles. The van der Waals surface area contributed by atoms with Gasteiger partial charge in [-0.2, -0.15) is 0 Å². The van der Waals surface area contributed by atoms with E-state index >= 15 is 0 Å². The summed E-state index contributed by atoms with van der Waals surface area (Å²) in [4.78, 5) is 27.0. The van der Waals surface area contributed by atoms with Crippen LogP contribution in [0.3, 0.4) is 0 Å². The molecule has 0 bridgehead atoms. The number of amides is 2. The molecule has 1 aliphatic rings. The van der Waals surface area contributed by atoms with Crippen molar-refractivity contribution in [1.29, 1.82) is 0 Å². The van der Waals surface area contributed by atoms with E-state index in [-0.39, 0.29) is 24.5 Å². The number of carbonyl (C=O) groups is 2. The van der Waals surface area contributed by atoms with E-state index in [1.165, 1.54) is 0 Å². The summed E-state index contributed by atoms with van der Waals surface area (Å²) in [7, 11) is 0. The second kappa shape index (κ2) is 10.4. The van der Waals surface area contributed by atoms with Crippen LogP contribution in [0.15, 0.2) is 48.5 Å². The number of rotatable bonds is 9. The molecule has 2 aromatic carbocycles. The van der Waals surface area contributed by atoms with Gasteiger partial charge >= 0.3 is 0 Å². The molecule has 1 fully saturated rings. The highest BCUT2D eigenvalue weighted by molar-refractivity contribution is 5.99. The molecular formula is C24H31N3O4. The maximum Gasteiger partial charge on any atom is 0.251 e. The lowest BCUT2D eigenvalue weighted by molar-refractivity contribution is -0.117. The molecule has 7 nitrogen and oxygen atoms in total. The lowest BCUT2D eigenvalue weighted by atomic mass is 10.0. The van der Waals surface area contributed by atoms with Crippen molar-refractivity contribution in [3.8, 4) is 5.75 Å². The SMILES string of the molecule is CC(C)Oc1cc(C(=O)N[C@@H](Cc2ccccc2)[C@@H](O)CN)cc(N2CCCC2=O)c1. The third kappa shape index (κ3) is 6.06. The van der Waals surface area contributed by atoms with Crippen LogP contribution in [0.4, 0.5) is 5.69 Å². The zero-order valence-corrected chi connectivity index (χ0v) is 18.1. The Bertz CT molecular complexity index is 901. The maximum absolute atomic E-state index is 13.1. The fourth-order valence-corrected chi connectivity index (χ4v) is 3.70. The lowest BCUT2D eigenvalue weighted by Crippen LogP contribution is -2.47. The summed E-state index contributed by atoms with van der Waals surface area (Å²) in [5.41, 5.74) is 7.68. The van der Waals surface area contributed by atoms with Crippen LogP contribution in [0.25, 0.3) is 0 Å². The Morgan fingerprint density at radius 3 is 2.58 bits per heavy atom. The molecule has 7 heteroatoms. The van der Waals surface area contributed by atoms with Crippen molar-refractivity contribution in [3.05, 3.63) is 59.7 Å². The smallest absolute Gasteiger partial charge is 0.251 e. The number of nitrogens with one attached hydrogen (secondary N) is 1. The van der Waals surface area contributed by atoms with Crippen molar-refractivity contribution in [2.45, 2.75) is 51.4 Å². The van der Waals surface area contributed by atoms with Gasteiger partial charge in [-0.1, -0.05) is 30.3 Å². The Morgan fingerprint density at radius 2 is 1.97 bits per heavy atom. The van der Waals surface area contributed by atoms with E-state index in [0.29, 0.717) is 36.4 Å². The van der Waals surface area contributed by atoms with Crippen molar-refractivity contribution in [2.75, 3.05) is 18.0 Å². The summed E-state index contributed by atoms with van der Waals surface area (Å²) >= 11 is 0. The number of hydrogen-bond acceptors (Lipinski definition) is 5. The fourth-order valence-electron chi connectivity index (χ4n) is 3.70. The molecule has 0 aliphatic carbocycles. The van der Waals surface area contributed by atoms with Crippen LogP contribution in [0.1, 0.15) is 42.6 Å². The van der Waals surface area contributed by atoms with E-state index < -0.39 is 12.1 Å². The number of nitrogens with zero attached hydrogens (tertiary/aromatic N) is 1. The van der Waals surface area contributed by atoms with Crippen LogP contribution >= 0.6 is 0 Å². The maximum atomic E-state index is 13.1. The van der Waals surface area contributed by atoms with Crippen molar-refractivity contribution < 1.29 is 19.4 Å². The van der Waals surface area contributed by atoms with Gasteiger partial charge in [0.05, 0.1) is 18.2 Å². The number of benzene rings is 2. The Kier molecular flexibility index (Phi) is 7.65. The molecule has 0 unspecified atom stereocenters. The summed E-state index contributed by atoms with van der Waals surface area (Å²) in [5, 5.41) is 13.3. The standard InChI is InChI=1S/C24H31N3O4/c1-16(2)31-20-13-18(12-19(14-20)27-10-6-9-23(27)29)24(30)26-21(22(28)15-25)11-17-7-4-3-5-8-17/h3-5,7-8,12-14,16,21-22,28H,6,9-11,15,25H2,1-2H3,(H,26,30)/t21-,22-/m0/s1. The molecule has 1 heterocycles. The Morgan fingerprint density at radius 1 is 1.23 bits per heavy atom. The monoisotopic (exact) mass is 425 g/mol. The van der Waals surface area contributed by atoms with Crippen LogP contribution < -0.4 is 20.7 Å². The fraction of sp³-hybridized carbons (Fsp3) is 0.417. The van der Waals surface area contributed by atoms with Crippen LogP contribution in [-0.2, 0) is 11.2 Å². The molecule has 2 atom stereocenters. The average Bonchev–Trinajstić information content (AvgIpc) is 3.18. The predicted octanol–water partition coefficient (Wildman–Crippen LogP) is 2.26. The van der Waals surface area contributed by atoms with Gasteiger partial charge in [0.1, 0.15) is 5.75 Å². The van der Waals surface area contributed by atoms with Crippen LogP contribution in [0, 0.1) is 0 Å². The largest absolute Gasteiger partial charge is 0.491 e. The van der Waals surface area contributed by atoms with E-state index in [1.54, 1.807) is 23.1 Å². The first-order valence-corrected chi connectivity index (χ1v) is 10.7. The van der Waals surface area contributed by atoms with Crippen molar-refractivity contribution >= 4 is 17.5 Å². The van der Waals surface area contributed by atoms with E-state index in [4.69, 9.17) is 10.5 Å². The first kappa shape index (κ1) is 22.8. The highest BCUT2D eigenvalue weighted by atomic mass is 16.5. The van der Waals surface area contributed by atoms with Gasteiger partial charge in [0.2, 0.25) is 5.91 Å². The van der Waals surface area contributed by atoms with Gasteiger partial charge in [0.25, 0.3) is 5.91 Å². The first-order valence-electron chi connectivity index (χ1n) is 10.7. The molecular weight excluding hydrogens is 394 g/mol. The van der Waals surface area contributed by atoms with E-state index in [2.05, 4.69) is 5.32 Å². The average molecular weight is 426 g/mol. The minimum atomic E-state index is -0.890. The molecule has 0 radical (unpaired) electrons. The molecule has 166 valence electrons. The van der Waals surface area contributed by atoms with Gasteiger partial charge in [0, 0.05) is 36.8 Å². The summed E-state index contributed by atoms with van der Waals surface area (Å²) in [6.45, 7) is 4.46. The van der Waals surface area contributed by atoms with Gasteiger partial charge in [-0.25, -0.2) is 0 Å². The zero-order valence-electron chi connectivity index (χ0n) is 18.1. The number of anilines is 1. The van der Waals surface area contributed by atoms with Crippen molar-refractivity contribution in [3.63, 3.8) is 0 Å². The number of carbonyl (C=O) groups excluding carboxylic acids is 2. The molecule has 0 saturated carbocycles. The van der Waals surface area contributed by atoms with E-state index in [1.807, 2.05) is 44.2 Å². The minimum Gasteiger partial charge on any atom is -0.491 e. The molecule has 0 aromatic heterocycles. The number of aliphatic hydroxyl groups excluding tert-OH is 1. The van der Waals surface area contributed by atoms with Crippen LogP contribution in [-0.4, -0.2) is 48.3 Å². The Balaban J connectivity index is 1.86. The van der Waals surface area contributed by atoms with Crippen molar-refractivity contribution in [2.24, 2.45) is 5.73 Å². The summed E-state index contributed by atoms with van der Waals surface area (Å²) in [6.07, 6.45) is 0.768. The van der Waals surface area contributed by atoms with Crippen molar-refractivity contribution in [1.82, 2.24) is 5.32 Å². The third-order valence-electron chi connectivity index (χ3n) is 5.23. The summed E-state index contributed by atoms with van der Waals surface area (Å²) < 4.78 is 5.82. The van der Waals surface area contributed by atoms with E-state index in [9.17, 15) is 14.7 Å². The molecule has 2 aromatic rings. The van der Waals surface area contributed by atoms with Gasteiger partial charge < -0.3 is 25.8 Å². The Hall–Kier alpha value is -2.90. The molecule has 3 rings (SSSR count). The first-order chi connectivity index (χ1) is 14.9. The number of nitrogens with two attached hydrogens (primary N) is 1. The van der Waals surface area contributed by atoms with Gasteiger partial charge in [-0.15, -0.1) is 0 Å². The van der Waals surface area contributed by atoms with Crippen LogP contribution in [0.5, 0.6) is 5.75 Å². The van der Waals surface area contributed by atoms with Crippen LogP contribution in [0.2, 0.25) is 0 Å². The third-order valence-corrected chi connectivity index (χ3v) is 5.23. The zero-order chi connectivity index (χ0) is 22.4. The van der Waals surface area contributed by atoms with Gasteiger partial charge in [-0.05, 0) is 44.4 Å². The second-order valence-corrected chi connectivity index (χ2v) is 8.10. The molecule has 2 amide bonds. The predicted molar refractivity (Wildman–Crippen MR) is 120 cm³/mol. The second-order valence-electron chi connectivity index (χ2n) is 8.10. The van der Waals surface area contributed by atoms with Gasteiger partial charge in [0.15, 0.2) is 0 Å². The molecule has 31 heavy (non-hydrogen) atoms. The highest BCUT2D eigenvalue weighted by Gasteiger charge is 2.25. The normalized spacial score (nSPS) is 15.8. The summed E-state index contributed by atoms with van der Waals surface area (Å²) in [6, 6.07) is 14.2. The molecule has 4 N–H and O–H groups in total. The van der Waals surface area contributed by atoms with Gasteiger partial charge in [-0.3, -0.25) is 9.59 Å². The highest BCUT2D eigenvalue weighted by Crippen LogP contribution is 2.28.